The Morgan fingerprint density at radius 1 is 1.12 bits per heavy atom. The number of hydrogen-bond acceptors (Lipinski definition) is 4. The third-order valence-electron chi connectivity index (χ3n) is 5.43. The van der Waals surface area contributed by atoms with Crippen LogP contribution in [0.1, 0.15) is 29.5 Å². The van der Waals surface area contributed by atoms with Gasteiger partial charge in [0, 0.05) is 31.4 Å². The number of nitrogens with zero attached hydrogens (tertiary/aromatic N) is 1. The van der Waals surface area contributed by atoms with Crippen molar-refractivity contribution >= 4 is 21.4 Å². The van der Waals surface area contributed by atoms with Crippen molar-refractivity contribution in [2.75, 3.05) is 24.3 Å². The maximum absolute atomic E-state index is 11.7. The van der Waals surface area contributed by atoms with Crippen molar-refractivity contribution in [1.29, 1.82) is 0 Å². The molecule has 0 aromatic heterocycles. The Morgan fingerprint density at radius 2 is 1.85 bits per heavy atom. The van der Waals surface area contributed by atoms with Gasteiger partial charge in [0.1, 0.15) is 0 Å². The van der Waals surface area contributed by atoms with Gasteiger partial charge in [0.05, 0.1) is 10.9 Å². The van der Waals surface area contributed by atoms with Crippen LogP contribution in [0.15, 0.2) is 59.5 Å². The molecule has 0 saturated carbocycles. The van der Waals surface area contributed by atoms with Gasteiger partial charge < -0.3 is 10.2 Å². The molecule has 0 spiro atoms. The number of hydrogen-bond donors (Lipinski definition) is 2. The van der Waals surface area contributed by atoms with E-state index in [2.05, 4.69) is 46.6 Å². The van der Waals surface area contributed by atoms with Crippen LogP contribution < -0.4 is 15.4 Å². The lowest BCUT2D eigenvalue weighted by Crippen LogP contribution is -2.29. The summed E-state index contributed by atoms with van der Waals surface area (Å²) >= 11 is 0. The van der Waals surface area contributed by atoms with Gasteiger partial charge in [0.25, 0.3) is 0 Å². The van der Waals surface area contributed by atoms with Gasteiger partial charge in [-0.1, -0.05) is 24.3 Å². The first-order valence-electron chi connectivity index (χ1n) is 8.72. The summed E-state index contributed by atoms with van der Waals surface area (Å²) in [4.78, 5) is 2.26. The summed E-state index contributed by atoms with van der Waals surface area (Å²) in [5.74, 6) is 0.565. The molecule has 1 aliphatic carbocycles. The number of primary sulfonamides is 1. The normalized spacial score (nSPS) is 23.9. The molecule has 2 aliphatic rings. The number of allylic oxidation sites excluding steroid dienone is 2. The first-order valence-corrected chi connectivity index (χ1v) is 10.3. The summed E-state index contributed by atoms with van der Waals surface area (Å²) in [5.41, 5.74) is 4.41. The minimum Gasteiger partial charge on any atom is -0.378 e. The zero-order chi connectivity index (χ0) is 18.5. The molecule has 2 aromatic rings. The minimum atomic E-state index is -3.70. The van der Waals surface area contributed by atoms with Crippen molar-refractivity contribution in [3.63, 3.8) is 0 Å². The highest BCUT2D eigenvalue weighted by atomic mass is 32.2. The molecule has 0 amide bonds. The number of nitrogens with one attached hydrogen (secondary N) is 1. The summed E-state index contributed by atoms with van der Waals surface area (Å²) in [6.45, 7) is 0. The predicted octanol–water partition coefficient (Wildman–Crippen LogP) is 3.23. The van der Waals surface area contributed by atoms with Crippen LogP contribution in [0.25, 0.3) is 0 Å². The van der Waals surface area contributed by atoms with E-state index in [0.717, 1.165) is 17.7 Å². The van der Waals surface area contributed by atoms with Crippen molar-refractivity contribution in [2.24, 2.45) is 11.1 Å². The van der Waals surface area contributed by atoms with E-state index in [9.17, 15) is 8.42 Å². The van der Waals surface area contributed by atoms with Crippen LogP contribution in [-0.2, 0) is 10.0 Å². The molecule has 2 aromatic carbocycles. The van der Waals surface area contributed by atoms with Gasteiger partial charge >= 0.3 is 0 Å². The average Bonchev–Trinajstić information content (AvgIpc) is 3.10. The van der Waals surface area contributed by atoms with Crippen molar-refractivity contribution < 1.29 is 8.42 Å². The third-order valence-corrected chi connectivity index (χ3v) is 6.34. The van der Waals surface area contributed by atoms with Crippen LogP contribution in [0.2, 0.25) is 0 Å². The molecule has 136 valence electrons. The number of nitrogens with two attached hydrogens (primary N) is 1. The summed E-state index contributed by atoms with van der Waals surface area (Å²) in [5, 5.41) is 8.94. The van der Waals surface area contributed by atoms with Crippen LogP contribution in [0.5, 0.6) is 0 Å². The smallest absolute Gasteiger partial charge is 0.238 e. The molecular formula is C20H23N3O2S. The van der Waals surface area contributed by atoms with Gasteiger partial charge in [0.2, 0.25) is 10.0 Å². The van der Waals surface area contributed by atoms with E-state index < -0.39 is 10.0 Å². The summed E-state index contributed by atoms with van der Waals surface area (Å²) < 4.78 is 23.4. The fourth-order valence-corrected chi connectivity index (χ4v) is 4.61. The Labute approximate surface area is 154 Å². The number of rotatable bonds is 3. The standard InChI is InChI=1S/C20H23N3O2S/c1-23(2)14-8-6-13(7-9-14)20-17-5-3-4-16(17)18-12-15(26(21,24)25)10-11-19(18)22-20/h3-4,6-12,16-17,20,22H,5H2,1-2H3,(H2,21,24,25). The predicted molar refractivity (Wildman–Crippen MR) is 105 cm³/mol. The SMILES string of the molecule is CN(C)c1ccc(C2Nc3ccc(S(N)(=O)=O)cc3C3C=CCC32)cc1. The summed E-state index contributed by atoms with van der Waals surface area (Å²) in [7, 11) is 0.364. The second kappa shape index (κ2) is 6.14. The topological polar surface area (TPSA) is 75.4 Å². The molecule has 5 nitrogen and oxygen atoms in total. The van der Waals surface area contributed by atoms with Crippen LogP contribution in [0.3, 0.4) is 0 Å². The van der Waals surface area contributed by atoms with E-state index in [1.807, 2.05) is 20.2 Å². The third kappa shape index (κ3) is 2.89. The van der Waals surface area contributed by atoms with E-state index in [4.69, 9.17) is 5.14 Å². The molecular weight excluding hydrogens is 346 g/mol. The second-order valence-corrected chi connectivity index (χ2v) is 8.82. The quantitative estimate of drug-likeness (QED) is 0.815. The molecule has 0 fully saturated rings. The lowest BCUT2D eigenvalue weighted by Gasteiger charge is -2.37. The first-order chi connectivity index (χ1) is 12.3. The van der Waals surface area contributed by atoms with Crippen molar-refractivity contribution in [3.05, 3.63) is 65.7 Å². The Kier molecular flexibility index (Phi) is 4.04. The van der Waals surface area contributed by atoms with E-state index in [1.54, 1.807) is 12.1 Å². The number of anilines is 2. The molecule has 6 heteroatoms. The molecule has 26 heavy (non-hydrogen) atoms. The van der Waals surface area contributed by atoms with E-state index in [0.29, 0.717) is 5.92 Å². The highest BCUT2D eigenvalue weighted by Crippen LogP contribution is 2.50. The van der Waals surface area contributed by atoms with Gasteiger partial charge in [0.15, 0.2) is 0 Å². The van der Waals surface area contributed by atoms with Crippen LogP contribution in [0, 0.1) is 5.92 Å². The lowest BCUT2D eigenvalue weighted by atomic mass is 9.77. The Hall–Kier alpha value is -2.31. The monoisotopic (exact) mass is 369 g/mol. The molecule has 3 unspecified atom stereocenters. The maximum Gasteiger partial charge on any atom is 0.238 e. The van der Waals surface area contributed by atoms with Gasteiger partial charge in [-0.15, -0.1) is 0 Å². The summed E-state index contributed by atoms with van der Waals surface area (Å²) in [6, 6.07) is 13.9. The Morgan fingerprint density at radius 3 is 2.50 bits per heavy atom. The van der Waals surface area contributed by atoms with Crippen LogP contribution in [0.4, 0.5) is 11.4 Å². The lowest BCUT2D eigenvalue weighted by molar-refractivity contribution is 0.425. The fourth-order valence-electron chi connectivity index (χ4n) is 4.06. The molecule has 3 atom stereocenters. The maximum atomic E-state index is 11.7. The molecule has 0 radical (unpaired) electrons. The van der Waals surface area contributed by atoms with Crippen LogP contribution >= 0.6 is 0 Å². The molecule has 1 aliphatic heterocycles. The van der Waals surface area contributed by atoms with Gasteiger partial charge in [-0.05, 0) is 53.8 Å². The highest BCUT2D eigenvalue weighted by Gasteiger charge is 2.38. The van der Waals surface area contributed by atoms with Crippen molar-refractivity contribution in [1.82, 2.24) is 0 Å². The van der Waals surface area contributed by atoms with Gasteiger partial charge in [-0.25, -0.2) is 13.6 Å². The van der Waals surface area contributed by atoms with Crippen molar-refractivity contribution in [3.8, 4) is 0 Å². The molecule has 0 saturated heterocycles. The molecule has 0 bridgehead atoms. The Bertz CT molecular complexity index is 965. The van der Waals surface area contributed by atoms with Gasteiger partial charge in [-0.2, -0.15) is 0 Å². The highest BCUT2D eigenvalue weighted by molar-refractivity contribution is 7.89. The fraction of sp³-hybridized carbons (Fsp3) is 0.300. The van der Waals surface area contributed by atoms with E-state index in [-0.39, 0.29) is 16.9 Å². The first kappa shape index (κ1) is 17.1. The molecule has 4 rings (SSSR count). The van der Waals surface area contributed by atoms with E-state index in [1.165, 1.54) is 11.3 Å². The molecule has 1 heterocycles. The number of fused-ring (bicyclic) bond motifs is 3. The second-order valence-electron chi connectivity index (χ2n) is 7.26. The zero-order valence-corrected chi connectivity index (χ0v) is 15.7. The average molecular weight is 369 g/mol. The van der Waals surface area contributed by atoms with E-state index >= 15 is 0 Å². The summed E-state index contributed by atoms with van der Waals surface area (Å²) in [6.07, 6.45) is 5.35. The number of benzene rings is 2. The van der Waals surface area contributed by atoms with Crippen LogP contribution in [-0.4, -0.2) is 22.5 Å². The van der Waals surface area contributed by atoms with Gasteiger partial charge in [-0.3, -0.25) is 0 Å². The number of sulfonamides is 1. The largest absolute Gasteiger partial charge is 0.378 e. The zero-order valence-electron chi connectivity index (χ0n) is 14.9. The van der Waals surface area contributed by atoms with Crippen molar-refractivity contribution in [2.45, 2.75) is 23.3 Å². The molecule has 3 N–H and O–H groups in total. The minimum absolute atomic E-state index is 0.172. The Balaban J connectivity index is 1.73.